The molecule has 122 valence electrons. The van der Waals surface area contributed by atoms with Gasteiger partial charge in [0.05, 0.1) is 24.4 Å². The average Bonchev–Trinajstić information content (AvgIpc) is 2.89. The summed E-state index contributed by atoms with van der Waals surface area (Å²) in [5.74, 6) is -1.80. The molecule has 0 saturated heterocycles. The standard InChI is InChI=1S/C14H19F2N3OS2/c1-19-4-2-3-10(9-19)12-13(18-22-17-12)21-6-5-20-11-7-14(15,16)8-11/h3,11H,2,4-9H2,1H3. The molecule has 1 aliphatic heterocycles. The molecule has 0 atom stereocenters. The third-order valence-electron chi connectivity index (χ3n) is 3.83. The maximum absolute atomic E-state index is 12.7. The van der Waals surface area contributed by atoms with Crippen molar-refractivity contribution in [1.29, 1.82) is 0 Å². The van der Waals surface area contributed by atoms with Gasteiger partial charge in [0.2, 0.25) is 0 Å². The Bertz CT molecular complexity index is 542. The Labute approximate surface area is 137 Å². The molecule has 4 nitrogen and oxygen atoms in total. The van der Waals surface area contributed by atoms with Crippen LogP contribution < -0.4 is 0 Å². The van der Waals surface area contributed by atoms with Gasteiger partial charge < -0.3 is 9.64 Å². The predicted molar refractivity (Wildman–Crippen MR) is 84.6 cm³/mol. The quantitative estimate of drug-likeness (QED) is 0.584. The van der Waals surface area contributed by atoms with E-state index >= 15 is 0 Å². The van der Waals surface area contributed by atoms with Crippen molar-refractivity contribution in [3.05, 3.63) is 11.8 Å². The molecule has 0 spiro atoms. The van der Waals surface area contributed by atoms with E-state index in [1.807, 2.05) is 0 Å². The number of thioether (sulfide) groups is 1. The molecule has 8 heteroatoms. The van der Waals surface area contributed by atoms with Crippen LogP contribution in [0.3, 0.4) is 0 Å². The van der Waals surface area contributed by atoms with E-state index in [2.05, 4.69) is 26.8 Å². The highest BCUT2D eigenvalue weighted by Crippen LogP contribution is 2.39. The van der Waals surface area contributed by atoms with Gasteiger partial charge in [0.25, 0.3) is 5.92 Å². The highest BCUT2D eigenvalue weighted by Gasteiger charge is 2.45. The fourth-order valence-electron chi connectivity index (χ4n) is 2.61. The summed E-state index contributed by atoms with van der Waals surface area (Å²) < 4.78 is 39.6. The van der Waals surface area contributed by atoms with Crippen molar-refractivity contribution in [2.45, 2.75) is 36.3 Å². The molecule has 2 aliphatic rings. The summed E-state index contributed by atoms with van der Waals surface area (Å²) in [4.78, 5) is 2.27. The molecule has 0 bridgehead atoms. The van der Waals surface area contributed by atoms with E-state index in [0.717, 1.165) is 30.2 Å². The Morgan fingerprint density at radius 1 is 1.45 bits per heavy atom. The predicted octanol–water partition coefficient (Wildman–Crippen LogP) is 3.16. The van der Waals surface area contributed by atoms with Crippen LogP contribution in [-0.4, -0.2) is 58.2 Å². The zero-order valence-electron chi connectivity index (χ0n) is 12.4. The van der Waals surface area contributed by atoms with Gasteiger partial charge in [-0.25, -0.2) is 8.78 Å². The first-order chi connectivity index (χ1) is 10.5. The third kappa shape index (κ3) is 4.04. The molecule has 1 aromatic heterocycles. The molecule has 1 fully saturated rings. The van der Waals surface area contributed by atoms with E-state index < -0.39 is 5.92 Å². The van der Waals surface area contributed by atoms with E-state index in [4.69, 9.17) is 4.74 Å². The van der Waals surface area contributed by atoms with E-state index in [1.54, 1.807) is 11.8 Å². The number of halogens is 2. The van der Waals surface area contributed by atoms with E-state index in [0.29, 0.717) is 12.4 Å². The molecule has 0 aromatic carbocycles. The second-order valence-corrected chi connectivity index (χ2v) is 7.39. The van der Waals surface area contributed by atoms with Gasteiger partial charge in [0.1, 0.15) is 10.7 Å². The molecular weight excluding hydrogens is 328 g/mol. The van der Waals surface area contributed by atoms with Crippen molar-refractivity contribution in [2.75, 3.05) is 32.5 Å². The summed E-state index contributed by atoms with van der Waals surface area (Å²) in [5, 5.41) is 0.925. The van der Waals surface area contributed by atoms with Gasteiger partial charge in [-0.05, 0) is 19.0 Å². The largest absolute Gasteiger partial charge is 0.377 e. The number of alkyl halides is 2. The van der Waals surface area contributed by atoms with Gasteiger partial charge in [0, 0.05) is 31.7 Å². The molecule has 1 aliphatic carbocycles. The molecule has 3 rings (SSSR count). The maximum atomic E-state index is 12.7. The lowest BCUT2D eigenvalue weighted by Crippen LogP contribution is -2.41. The Balaban J connectivity index is 1.46. The van der Waals surface area contributed by atoms with Crippen molar-refractivity contribution in [2.24, 2.45) is 0 Å². The summed E-state index contributed by atoms with van der Waals surface area (Å²) in [6.45, 7) is 2.44. The molecular formula is C14H19F2N3OS2. The van der Waals surface area contributed by atoms with Crippen LogP contribution in [0.5, 0.6) is 0 Å². The van der Waals surface area contributed by atoms with Crippen molar-refractivity contribution in [3.8, 4) is 0 Å². The minimum Gasteiger partial charge on any atom is -0.377 e. The number of hydrogen-bond acceptors (Lipinski definition) is 6. The van der Waals surface area contributed by atoms with Gasteiger partial charge in [-0.15, -0.1) is 11.8 Å². The van der Waals surface area contributed by atoms with Gasteiger partial charge in [-0.1, -0.05) is 6.08 Å². The highest BCUT2D eigenvalue weighted by molar-refractivity contribution is 7.99. The lowest BCUT2D eigenvalue weighted by atomic mass is 9.91. The number of aromatic nitrogens is 2. The topological polar surface area (TPSA) is 38.2 Å². The zero-order valence-corrected chi connectivity index (χ0v) is 14.1. The molecule has 22 heavy (non-hydrogen) atoms. The fourth-order valence-corrected chi connectivity index (χ4v) is 4.16. The average molecular weight is 347 g/mol. The molecule has 0 unspecified atom stereocenters. The van der Waals surface area contributed by atoms with Gasteiger partial charge in [0.15, 0.2) is 0 Å². The Kier molecular flexibility index (Phi) is 5.11. The second kappa shape index (κ2) is 6.90. The lowest BCUT2D eigenvalue weighted by Gasteiger charge is -2.34. The minimum absolute atomic E-state index is 0.138. The van der Waals surface area contributed by atoms with Crippen LogP contribution in [0.4, 0.5) is 8.78 Å². The van der Waals surface area contributed by atoms with Gasteiger partial charge in [-0.3, -0.25) is 0 Å². The SMILES string of the molecule is CN1CCC=C(c2nsnc2SCCOC2CC(F)(F)C2)C1. The number of hydrogen-bond donors (Lipinski definition) is 0. The summed E-state index contributed by atoms with van der Waals surface area (Å²) in [5.41, 5.74) is 2.20. The van der Waals surface area contributed by atoms with Crippen LogP contribution in [0.15, 0.2) is 11.1 Å². The minimum atomic E-state index is -2.51. The fraction of sp³-hybridized carbons (Fsp3) is 0.714. The summed E-state index contributed by atoms with van der Waals surface area (Å²) in [6, 6.07) is 0. The Hall–Kier alpha value is -0.570. The van der Waals surface area contributed by atoms with Gasteiger partial charge >= 0.3 is 0 Å². The van der Waals surface area contributed by atoms with Crippen LogP contribution in [0, 0.1) is 0 Å². The molecule has 0 N–H and O–H groups in total. The summed E-state index contributed by atoms with van der Waals surface area (Å²) in [7, 11) is 2.10. The Morgan fingerprint density at radius 3 is 3.00 bits per heavy atom. The number of ether oxygens (including phenoxy) is 1. The van der Waals surface area contributed by atoms with Crippen molar-refractivity contribution >= 4 is 29.1 Å². The first-order valence-electron chi connectivity index (χ1n) is 7.36. The maximum Gasteiger partial charge on any atom is 0.253 e. The van der Waals surface area contributed by atoms with Crippen LogP contribution in [0.2, 0.25) is 0 Å². The molecule has 1 saturated carbocycles. The number of likely N-dealkylation sites (N-methyl/N-ethyl adjacent to an activating group) is 1. The normalized spacial score (nSPS) is 22.4. The summed E-state index contributed by atoms with van der Waals surface area (Å²) >= 11 is 2.81. The monoisotopic (exact) mass is 347 g/mol. The van der Waals surface area contributed by atoms with Crippen molar-refractivity contribution in [1.82, 2.24) is 13.6 Å². The molecule has 1 aromatic rings. The number of nitrogens with zero attached hydrogens (tertiary/aromatic N) is 3. The number of rotatable bonds is 6. The summed E-state index contributed by atoms with van der Waals surface area (Å²) in [6.07, 6.45) is 2.71. The smallest absolute Gasteiger partial charge is 0.253 e. The lowest BCUT2D eigenvalue weighted by molar-refractivity contribution is -0.162. The van der Waals surface area contributed by atoms with Crippen molar-refractivity contribution < 1.29 is 13.5 Å². The van der Waals surface area contributed by atoms with Crippen LogP contribution in [-0.2, 0) is 4.74 Å². The second-order valence-electron chi connectivity index (χ2n) is 5.78. The molecule has 2 heterocycles. The first-order valence-corrected chi connectivity index (χ1v) is 9.08. The molecule has 0 radical (unpaired) electrons. The molecule has 0 amide bonds. The highest BCUT2D eigenvalue weighted by atomic mass is 32.2. The zero-order chi connectivity index (χ0) is 15.6. The third-order valence-corrected chi connectivity index (χ3v) is 5.41. The van der Waals surface area contributed by atoms with Crippen molar-refractivity contribution in [3.63, 3.8) is 0 Å². The Morgan fingerprint density at radius 2 is 2.27 bits per heavy atom. The van der Waals surface area contributed by atoms with Crippen LogP contribution in [0.25, 0.3) is 5.57 Å². The first kappa shape index (κ1) is 16.3. The van der Waals surface area contributed by atoms with Crippen LogP contribution >= 0.6 is 23.5 Å². The van der Waals surface area contributed by atoms with E-state index in [1.165, 1.54) is 17.3 Å². The van der Waals surface area contributed by atoms with Gasteiger partial charge in [-0.2, -0.15) is 8.75 Å². The van der Waals surface area contributed by atoms with E-state index in [9.17, 15) is 8.78 Å². The van der Waals surface area contributed by atoms with E-state index in [-0.39, 0.29) is 18.9 Å². The van der Waals surface area contributed by atoms with Crippen LogP contribution in [0.1, 0.15) is 25.0 Å².